The van der Waals surface area contributed by atoms with Crippen LogP contribution in [0.5, 0.6) is 0 Å². The third-order valence-corrected chi connectivity index (χ3v) is 2.99. The van der Waals surface area contributed by atoms with Crippen molar-refractivity contribution in [2.24, 2.45) is 0 Å². The molecule has 0 unspecified atom stereocenters. The van der Waals surface area contributed by atoms with Crippen LogP contribution in [-0.2, 0) is 0 Å². The van der Waals surface area contributed by atoms with Gasteiger partial charge in [-0.15, -0.1) is 0 Å². The Kier molecular flexibility index (Phi) is 3.89. The molecule has 0 atom stereocenters. The quantitative estimate of drug-likeness (QED) is 0.897. The summed E-state index contributed by atoms with van der Waals surface area (Å²) < 4.78 is 0. The predicted molar refractivity (Wildman–Crippen MR) is 82.1 cm³/mol. The molecule has 3 N–H and O–H groups in total. The largest absolute Gasteiger partial charge is 0.397 e. The third kappa shape index (κ3) is 3.06. The van der Waals surface area contributed by atoms with Gasteiger partial charge in [0.2, 0.25) is 0 Å². The van der Waals surface area contributed by atoms with Crippen molar-refractivity contribution in [2.75, 3.05) is 30.0 Å². The van der Waals surface area contributed by atoms with E-state index >= 15 is 0 Å². The van der Waals surface area contributed by atoms with Crippen LogP contribution in [0.4, 0.5) is 17.1 Å². The van der Waals surface area contributed by atoms with Crippen LogP contribution in [0.2, 0.25) is 0 Å². The van der Waals surface area contributed by atoms with Crippen molar-refractivity contribution in [1.29, 1.82) is 0 Å². The van der Waals surface area contributed by atoms with Crippen molar-refractivity contribution in [3.63, 3.8) is 0 Å². The number of rotatable bonds is 3. The van der Waals surface area contributed by atoms with Crippen LogP contribution in [0.25, 0.3) is 0 Å². The van der Waals surface area contributed by atoms with Gasteiger partial charge in [0, 0.05) is 25.5 Å². The monoisotopic (exact) mass is 270 g/mol. The zero-order chi connectivity index (χ0) is 14.7. The number of amides is 1. The van der Waals surface area contributed by atoms with Gasteiger partial charge in [0.25, 0.3) is 5.91 Å². The van der Waals surface area contributed by atoms with Gasteiger partial charge in [-0.3, -0.25) is 9.78 Å². The van der Waals surface area contributed by atoms with Crippen LogP contribution in [-0.4, -0.2) is 25.0 Å². The third-order valence-electron chi connectivity index (χ3n) is 2.99. The molecule has 0 aliphatic rings. The van der Waals surface area contributed by atoms with Gasteiger partial charge in [0.1, 0.15) is 0 Å². The minimum atomic E-state index is -0.208. The second-order valence-electron chi connectivity index (χ2n) is 4.80. The summed E-state index contributed by atoms with van der Waals surface area (Å²) in [6.07, 6.45) is 1.54. The number of anilines is 3. The molecule has 1 aromatic carbocycles. The molecule has 0 radical (unpaired) electrons. The topological polar surface area (TPSA) is 71.2 Å². The van der Waals surface area contributed by atoms with E-state index in [1.165, 1.54) is 6.20 Å². The molecule has 2 aromatic rings. The van der Waals surface area contributed by atoms with Crippen molar-refractivity contribution in [3.05, 3.63) is 47.8 Å². The standard InChI is InChI=1S/C15H18N4O/c1-10-14(8-11(16)9-17-10)15(20)18-12-4-6-13(7-5-12)19(2)3/h4-9H,16H2,1-3H3,(H,18,20). The summed E-state index contributed by atoms with van der Waals surface area (Å²) in [6.45, 7) is 1.78. The van der Waals surface area contributed by atoms with Crippen LogP contribution in [0.1, 0.15) is 16.1 Å². The lowest BCUT2D eigenvalue weighted by Crippen LogP contribution is -2.15. The summed E-state index contributed by atoms with van der Waals surface area (Å²) >= 11 is 0. The highest BCUT2D eigenvalue weighted by Crippen LogP contribution is 2.17. The smallest absolute Gasteiger partial charge is 0.257 e. The Balaban J connectivity index is 2.17. The number of pyridine rings is 1. The lowest BCUT2D eigenvalue weighted by molar-refractivity contribution is 0.102. The van der Waals surface area contributed by atoms with Gasteiger partial charge in [0.15, 0.2) is 0 Å². The lowest BCUT2D eigenvalue weighted by Gasteiger charge is -2.13. The molecule has 20 heavy (non-hydrogen) atoms. The Hall–Kier alpha value is -2.56. The van der Waals surface area contributed by atoms with Gasteiger partial charge >= 0.3 is 0 Å². The number of hydrogen-bond donors (Lipinski definition) is 2. The van der Waals surface area contributed by atoms with E-state index < -0.39 is 0 Å². The maximum absolute atomic E-state index is 12.2. The first kappa shape index (κ1) is 13.9. The molecule has 0 fully saturated rings. The summed E-state index contributed by atoms with van der Waals surface area (Å²) in [5, 5.41) is 2.84. The molecule has 5 nitrogen and oxygen atoms in total. The number of nitrogens with one attached hydrogen (secondary N) is 1. The molecule has 0 saturated heterocycles. The maximum Gasteiger partial charge on any atom is 0.257 e. The van der Waals surface area contributed by atoms with Gasteiger partial charge in [-0.25, -0.2) is 0 Å². The van der Waals surface area contributed by atoms with Gasteiger partial charge in [-0.2, -0.15) is 0 Å². The zero-order valence-corrected chi connectivity index (χ0v) is 11.8. The maximum atomic E-state index is 12.2. The summed E-state index contributed by atoms with van der Waals surface area (Å²) in [5.74, 6) is -0.208. The first-order valence-electron chi connectivity index (χ1n) is 6.28. The van der Waals surface area contributed by atoms with Crippen molar-refractivity contribution in [3.8, 4) is 0 Å². The number of carbonyl (C=O) groups excluding carboxylic acids is 1. The summed E-state index contributed by atoms with van der Waals surface area (Å²) in [6, 6.07) is 9.25. The molecule has 0 aliphatic carbocycles. The molecule has 5 heteroatoms. The highest BCUT2D eigenvalue weighted by molar-refractivity contribution is 6.05. The van der Waals surface area contributed by atoms with E-state index in [1.54, 1.807) is 13.0 Å². The molecule has 0 bridgehead atoms. The molecule has 0 aliphatic heterocycles. The number of nitrogen functional groups attached to an aromatic ring is 1. The van der Waals surface area contributed by atoms with E-state index in [0.29, 0.717) is 16.9 Å². The number of nitrogens with two attached hydrogens (primary N) is 1. The number of benzene rings is 1. The minimum absolute atomic E-state index is 0.208. The highest BCUT2D eigenvalue weighted by Gasteiger charge is 2.10. The highest BCUT2D eigenvalue weighted by atomic mass is 16.1. The molecule has 2 rings (SSSR count). The first-order chi connectivity index (χ1) is 9.47. The fraction of sp³-hybridized carbons (Fsp3) is 0.200. The van der Waals surface area contributed by atoms with Crippen molar-refractivity contribution < 1.29 is 4.79 Å². The van der Waals surface area contributed by atoms with E-state index in [-0.39, 0.29) is 5.91 Å². The molecule has 1 heterocycles. The first-order valence-corrected chi connectivity index (χ1v) is 6.28. The van der Waals surface area contributed by atoms with Crippen LogP contribution in [0, 0.1) is 6.92 Å². The number of carbonyl (C=O) groups is 1. The van der Waals surface area contributed by atoms with Gasteiger partial charge in [-0.1, -0.05) is 0 Å². The Morgan fingerprint density at radius 1 is 1.25 bits per heavy atom. The Bertz CT molecular complexity index is 620. The van der Waals surface area contributed by atoms with Crippen molar-refractivity contribution in [1.82, 2.24) is 4.98 Å². The SMILES string of the molecule is Cc1ncc(N)cc1C(=O)Nc1ccc(N(C)C)cc1. The summed E-state index contributed by atoms with van der Waals surface area (Å²) in [5.41, 5.74) is 9.09. The van der Waals surface area contributed by atoms with Gasteiger partial charge in [0.05, 0.1) is 23.1 Å². The average Bonchev–Trinajstić information content (AvgIpc) is 2.42. The van der Waals surface area contributed by atoms with Crippen LogP contribution < -0.4 is 16.0 Å². The molecular weight excluding hydrogens is 252 g/mol. The molecular formula is C15H18N4O. The van der Waals surface area contributed by atoms with E-state index in [0.717, 1.165) is 11.4 Å². The van der Waals surface area contributed by atoms with Gasteiger partial charge in [-0.05, 0) is 37.3 Å². The zero-order valence-electron chi connectivity index (χ0n) is 11.8. The van der Waals surface area contributed by atoms with Crippen LogP contribution in [0.15, 0.2) is 36.5 Å². The number of aryl methyl sites for hydroxylation is 1. The Labute approximate surface area is 118 Å². The van der Waals surface area contributed by atoms with Crippen molar-refractivity contribution >= 4 is 23.0 Å². The van der Waals surface area contributed by atoms with Crippen LogP contribution >= 0.6 is 0 Å². The minimum Gasteiger partial charge on any atom is -0.397 e. The molecule has 0 spiro atoms. The average molecular weight is 270 g/mol. The predicted octanol–water partition coefficient (Wildman–Crippen LogP) is 2.29. The van der Waals surface area contributed by atoms with E-state index in [1.807, 2.05) is 43.3 Å². The summed E-state index contributed by atoms with van der Waals surface area (Å²) in [7, 11) is 3.94. The summed E-state index contributed by atoms with van der Waals surface area (Å²) in [4.78, 5) is 18.3. The number of hydrogen-bond acceptors (Lipinski definition) is 4. The Morgan fingerprint density at radius 3 is 2.50 bits per heavy atom. The number of nitrogens with zero attached hydrogens (tertiary/aromatic N) is 2. The fourth-order valence-electron chi connectivity index (χ4n) is 1.82. The normalized spacial score (nSPS) is 10.2. The molecule has 1 aromatic heterocycles. The lowest BCUT2D eigenvalue weighted by atomic mass is 10.1. The van der Waals surface area contributed by atoms with Crippen LogP contribution in [0.3, 0.4) is 0 Å². The molecule has 1 amide bonds. The van der Waals surface area contributed by atoms with Crippen molar-refractivity contribution in [2.45, 2.75) is 6.92 Å². The molecule has 0 saturated carbocycles. The second-order valence-corrected chi connectivity index (χ2v) is 4.80. The number of aromatic nitrogens is 1. The molecule has 104 valence electrons. The van der Waals surface area contributed by atoms with Gasteiger partial charge < -0.3 is 16.0 Å². The second kappa shape index (κ2) is 5.61. The Morgan fingerprint density at radius 2 is 1.90 bits per heavy atom. The van der Waals surface area contributed by atoms with E-state index in [4.69, 9.17) is 5.73 Å². The van der Waals surface area contributed by atoms with E-state index in [9.17, 15) is 4.79 Å². The van der Waals surface area contributed by atoms with E-state index in [2.05, 4.69) is 10.3 Å². The fourth-order valence-corrected chi connectivity index (χ4v) is 1.82.